The number of thiol groups is 1. The molecule has 0 radical (unpaired) electrons. The van der Waals surface area contributed by atoms with Crippen molar-refractivity contribution in [2.24, 2.45) is 0 Å². The van der Waals surface area contributed by atoms with E-state index in [1.807, 2.05) is 6.07 Å². The number of esters is 1. The summed E-state index contributed by atoms with van der Waals surface area (Å²) < 4.78 is 4.78. The van der Waals surface area contributed by atoms with Crippen LogP contribution in [0.2, 0.25) is 0 Å². The van der Waals surface area contributed by atoms with Crippen LogP contribution in [0.15, 0.2) is 17.0 Å². The Hall–Kier alpha value is -1.80. The van der Waals surface area contributed by atoms with Gasteiger partial charge in [0.05, 0.1) is 23.8 Å². The molecule has 0 atom stereocenters. The van der Waals surface area contributed by atoms with Crippen LogP contribution in [0.4, 0.5) is 0 Å². The Labute approximate surface area is 98.2 Å². The van der Waals surface area contributed by atoms with Gasteiger partial charge in [-0.25, -0.2) is 4.79 Å². The fourth-order valence-corrected chi connectivity index (χ4v) is 1.49. The van der Waals surface area contributed by atoms with E-state index in [0.717, 1.165) is 0 Å². The third-order valence-corrected chi connectivity index (χ3v) is 2.16. The van der Waals surface area contributed by atoms with Crippen LogP contribution in [0.3, 0.4) is 0 Å². The lowest BCUT2D eigenvalue weighted by Crippen LogP contribution is -2.09. The smallest absolute Gasteiger partial charge is 0.338 e. The number of ether oxygens (including phenoxy) is 1. The van der Waals surface area contributed by atoms with Gasteiger partial charge >= 0.3 is 5.97 Å². The maximum atomic E-state index is 11.5. The van der Waals surface area contributed by atoms with Gasteiger partial charge in [-0.05, 0) is 19.1 Å². The number of nitrogens with zero attached hydrogens (tertiary/aromatic N) is 1. The number of benzene rings is 1. The highest BCUT2D eigenvalue weighted by Gasteiger charge is 2.16. The first kappa shape index (κ1) is 12.3. The van der Waals surface area contributed by atoms with Gasteiger partial charge in [-0.1, -0.05) is 0 Å². The molecule has 0 saturated carbocycles. The van der Waals surface area contributed by atoms with Crippen LogP contribution in [-0.4, -0.2) is 18.9 Å². The van der Waals surface area contributed by atoms with Crippen molar-refractivity contribution in [3.8, 4) is 6.07 Å². The molecule has 0 saturated heterocycles. The van der Waals surface area contributed by atoms with Crippen molar-refractivity contribution < 1.29 is 14.3 Å². The zero-order chi connectivity index (χ0) is 12.1. The summed E-state index contributed by atoms with van der Waals surface area (Å²) in [6.45, 7) is 1.87. The average Bonchev–Trinajstić information content (AvgIpc) is 2.28. The van der Waals surface area contributed by atoms with Gasteiger partial charge in [-0.2, -0.15) is 5.26 Å². The van der Waals surface area contributed by atoms with Crippen molar-refractivity contribution in [1.29, 1.82) is 5.26 Å². The van der Waals surface area contributed by atoms with Crippen molar-refractivity contribution in [2.75, 3.05) is 6.61 Å². The van der Waals surface area contributed by atoms with Crippen molar-refractivity contribution in [3.05, 3.63) is 28.8 Å². The molecule has 0 aliphatic heterocycles. The maximum Gasteiger partial charge on any atom is 0.338 e. The minimum atomic E-state index is -0.628. The molecule has 0 amide bonds. The molecule has 0 N–H and O–H groups in total. The molecule has 0 bridgehead atoms. The Morgan fingerprint density at radius 2 is 2.31 bits per heavy atom. The summed E-state index contributed by atoms with van der Waals surface area (Å²) in [5.41, 5.74) is 0.227. The zero-order valence-electron chi connectivity index (χ0n) is 8.56. The van der Waals surface area contributed by atoms with Crippen LogP contribution >= 0.6 is 12.6 Å². The van der Waals surface area contributed by atoms with E-state index in [1.54, 1.807) is 6.92 Å². The zero-order valence-corrected chi connectivity index (χ0v) is 9.45. The van der Waals surface area contributed by atoms with Crippen molar-refractivity contribution in [3.63, 3.8) is 0 Å². The minimum Gasteiger partial charge on any atom is -0.462 e. The van der Waals surface area contributed by atoms with Gasteiger partial charge in [-0.3, -0.25) is 4.79 Å². The van der Waals surface area contributed by atoms with E-state index in [-0.39, 0.29) is 23.3 Å². The summed E-state index contributed by atoms with van der Waals surface area (Å²) in [5, 5.41) is 8.82. The highest BCUT2D eigenvalue weighted by Crippen LogP contribution is 2.19. The summed E-state index contributed by atoms with van der Waals surface area (Å²) in [7, 11) is 0. The lowest BCUT2D eigenvalue weighted by atomic mass is 10.0. The molecular weight excluding hydrogens is 226 g/mol. The molecular formula is C11H9NO3S. The van der Waals surface area contributed by atoms with Gasteiger partial charge in [0, 0.05) is 10.5 Å². The van der Waals surface area contributed by atoms with Crippen LogP contribution < -0.4 is 0 Å². The summed E-state index contributed by atoms with van der Waals surface area (Å²) in [4.78, 5) is 22.8. The second kappa shape index (κ2) is 5.33. The van der Waals surface area contributed by atoms with Gasteiger partial charge in [0.2, 0.25) is 0 Å². The molecule has 0 heterocycles. The Morgan fingerprint density at radius 3 is 2.81 bits per heavy atom. The molecule has 0 unspecified atom stereocenters. The Balaban J connectivity index is 3.37. The largest absolute Gasteiger partial charge is 0.462 e. The third kappa shape index (κ3) is 2.41. The van der Waals surface area contributed by atoms with E-state index in [9.17, 15) is 9.59 Å². The van der Waals surface area contributed by atoms with E-state index in [0.29, 0.717) is 11.2 Å². The van der Waals surface area contributed by atoms with E-state index >= 15 is 0 Å². The van der Waals surface area contributed by atoms with E-state index in [1.165, 1.54) is 12.1 Å². The number of rotatable bonds is 3. The summed E-state index contributed by atoms with van der Waals surface area (Å²) in [6.07, 6.45) is 0.470. The topological polar surface area (TPSA) is 67.2 Å². The summed E-state index contributed by atoms with van der Waals surface area (Å²) in [6, 6.07) is 4.67. The van der Waals surface area contributed by atoms with E-state index in [2.05, 4.69) is 12.6 Å². The number of carbonyl (C=O) groups is 2. The number of aldehydes is 1. The van der Waals surface area contributed by atoms with Crippen molar-refractivity contribution in [1.82, 2.24) is 0 Å². The first-order valence-corrected chi connectivity index (χ1v) is 4.98. The van der Waals surface area contributed by atoms with Gasteiger partial charge < -0.3 is 4.74 Å². The van der Waals surface area contributed by atoms with E-state index in [4.69, 9.17) is 10.00 Å². The molecule has 0 fully saturated rings. The Morgan fingerprint density at radius 1 is 1.62 bits per heavy atom. The summed E-state index contributed by atoms with van der Waals surface area (Å²) >= 11 is 4.05. The second-order valence-electron chi connectivity index (χ2n) is 2.90. The molecule has 4 nitrogen and oxygen atoms in total. The highest BCUT2D eigenvalue weighted by atomic mass is 32.1. The van der Waals surface area contributed by atoms with Crippen LogP contribution in [0, 0.1) is 11.3 Å². The standard InChI is InChI=1S/C11H9NO3S/c1-2-15-11(14)9-4-8(16)3-7(5-12)10(9)6-13/h3-4,6,16H,2H2,1H3. The highest BCUT2D eigenvalue weighted by molar-refractivity contribution is 7.80. The second-order valence-corrected chi connectivity index (χ2v) is 3.42. The van der Waals surface area contributed by atoms with Crippen LogP contribution in [0.25, 0.3) is 0 Å². The predicted molar refractivity (Wildman–Crippen MR) is 59.8 cm³/mol. The molecule has 0 aliphatic rings. The number of hydrogen-bond acceptors (Lipinski definition) is 5. The Bertz CT molecular complexity index is 477. The Kier molecular flexibility index (Phi) is 4.09. The fourth-order valence-electron chi connectivity index (χ4n) is 1.24. The van der Waals surface area contributed by atoms with Gasteiger partial charge in [0.15, 0.2) is 6.29 Å². The third-order valence-electron chi connectivity index (χ3n) is 1.90. The molecule has 0 aromatic heterocycles. The number of nitriles is 1. The molecule has 1 aromatic carbocycles. The van der Waals surface area contributed by atoms with Gasteiger partial charge in [0.25, 0.3) is 0 Å². The fraction of sp³-hybridized carbons (Fsp3) is 0.182. The monoisotopic (exact) mass is 235 g/mol. The van der Waals surface area contributed by atoms with Crippen molar-refractivity contribution in [2.45, 2.75) is 11.8 Å². The lowest BCUT2D eigenvalue weighted by molar-refractivity contribution is 0.0524. The molecule has 1 rings (SSSR count). The van der Waals surface area contributed by atoms with Gasteiger partial charge in [0.1, 0.15) is 0 Å². The molecule has 16 heavy (non-hydrogen) atoms. The SMILES string of the molecule is CCOC(=O)c1cc(S)cc(C#N)c1C=O. The molecule has 0 spiro atoms. The normalized spacial score (nSPS) is 9.31. The minimum absolute atomic E-state index is 0.0405. The van der Waals surface area contributed by atoms with Crippen LogP contribution in [-0.2, 0) is 4.74 Å². The number of carbonyl (C=O) groups excluding carboxylic acids is 2. The van der Waals surface area contributed by atoms with Crippen LogP contribution in [0.1, 0.15) is 33.2 Å². The molecule has 5 heteroatoms. The van der Waals surface area contributed by atoms with Gasteiger partial charge in [-0.15, -0.1) is 12.6 Å². The average molecular weight is 235 g/mol. The van der Waals surface area contributed by atoms with Crippen molar-refractivity contribution >= 4 is 24.9 Å². The van der Waals surface area contributed by atoms with E-state index < -0.39 is 5.97 Å². The van der Waals surface area contributed by atoms with Crippen LogP contribution in [0.5, 0.6) is 0 Å². The quantitative estimate of drug-likeness (QED) is 0.493. The number of hydrogen-bond donors (Lipinski definition) is 1. The lowest BCUT2D eigenvalue weighted by Gasteiger charge is -2.06. The molecule has 82 valence electrons. The molecule has 0 aliphatic carbocycles. The maximum absolute atomic E-state index is 11.5. The summed E-state index contributed by atoms with van der Waals surface area (Å²) in [5.74, 6) is -0.628. The first-order valence-electron chi connectivity index (χ1n) is 4.53. The molecule has 1 aromatic rings. The predicted octanol–water partition coefficient (Wildman–Crippen LogP) is 1.84. The first-order chi connectivity index (χ1) is 7.63.